The topological polar surface area (TPSA) is 131 Å². The summed E-state index contributed by atoms with van der Waals surface area (Å²) in [7, 11) is -2.44. The second-order valence-electron chi connectivity index (χ2n) is 8.26. The summed E-state index contributed by atoms with van der Waals surface area (Å²) < 4.78 is 37.7. The van der Waals surface area contributed by atoms with Crippen molar-refractivity contribution in [3.63, 3.8) is 0 Å². The lowest BCUT2D eigenvalue weighted by Gasteiger charge is -2.20. The molecule has 0 spiro atoms. The molecule has 0 bridgehead atoms. The van der Waals surface area contributed by atoms with Gasteiger partial charge in [0.15, 0.2) is 6.61 Å². The number of ether oxygens (including phenoxy) is 2. The molecular weight excluding hydrogens is 450 g/mol. The van der Waals surface area contributed by atoms with E-state index in [1.54, 1.807) is 0 Å². The Bertz CT molecular complexity index is 966. The van der Waals surface area contributed by atoms with Crippen molar-refractivity contribution in [3.05, 3.63) is 23.8 Å². The van der Waals surface area contributed by atoms with Gasteiger partial charge in [0.2, 0.25) is 10.0 Å². The number of imide groups is 1. The lowest BCUT2D eigenvalue weighted by atomic mass is 10.2. The van der Waals surface area contributed by atoms with Crippen LogP contribution < -0.4 is 15.4 Å². The quantitative estimate of drug-likeness (QED) is 0.571. The van der Waals surface area contributed by atoms with Crippen molar-refractivity contribution in [2.75, 3.05) is 26.8 Å². The van der Waals surface area contributed by atoms with E-state index in [9.17, 15) is 22.8 Å². The zero-order chi connectivity index (χ0) is 23.8. The molecule has 2 aliphatic rings. The summed E-state index contributed by atoms with van der Waals surface area (Å²) in [5, 5.41) is 4.83. The number of carbonyl (C=O) groups excluding carboxylic acids is 3. The first-order chi connectivity index (χ1) is 15.8. The van der Waals surface area contributed by atoms with Crippen LogP contribution in [0.25, 0.3) is 0 Å². The summed E-state index contributed by atoms with van der Waals surface area (Å²) >= 11 is 0. The lowest BCUT2D eigenvalue weighted by Crippen LogP contribution is -2.45. The molecule has 1 heterocycles. The van der Waals surface area contributed by atoms with Gasteiger partial charge in [0.05, 0.1) is 12.0 Å². The molecule has 1 aliphatic heterocycles. The van der Waals surface area contributed by atoms with Crippen molar-refractivity contribution in [3.8, 4) is 5.75 Å². The van der Waals surface area contributed by atoms with Crippen LogP contribution in [0.4, 0.5) is 4.79 Å². The van der Waals surface area contributed by atoms with E-state index >= 15 is 0 Å². The Balaban J connectivity index is 1.64. The second kappa shape index (κ2) is 11.5. The van der Waals surface area contributed by atoms with E-state index in [4.69, 9.17) is 9.47 Å². The SMILES string of the molecule is COc1ccc(S(=O)(=O)N2CCCCCC2)cc1C(=O)OCC(=O)NC(=O)NC1CCCC1. The lowest BCUT2D eigenvalue weighted by molar-refractivity contribution is -0.123. The van der Waals surface area contributed by atoms with Crippen molar-refractivity contribution < 1.29 is 32.3 Å². The Hall–Kier alpha value is -2.66. The average Bonchev–Trinajstić information content (AvgIpc) is 3.14. The van der Waals surface area contributed by atoms with Crippen LogP contribution in [0.1, 0.15) is 61.7 Å². The van der Waals surface area contributed by atoms with E-state index in [1.807, 2.05) is 0 Å². The third kappa shape index (κ3) is 6.67. The molecular formula is C22H31N3O7S. The van der Waals surface area contributed by atoms with Crippen molar-refractivity contribution in [2.24, 2.45) is 0 Å². The minimum atomic E-state index is -3.79. The number of methoxy groups -OCH3 is 1. The van der Waals surface area contributed by atoms with Crippen LogP contribution in [0, 0.1) is 0 Å². The number of sulfonamides is 1. The van der Waals surface area contributed by atoms with Gasteiger partial charge in [-0.15, -0.1) is 0 Å². The van der Waals surface area contributed by atoms with Gasteiger partial charge in [0, 0.05) is 19.1 Å². The average molecular weight is 482 g/mol. The van der Waals surface area contributed by atoms with Gasteiger partial charge in [0.1, 0.15) is 11.3 Å². The van der Waals surface area contributed by atoms with Crippen molar-refractivity contribution in [2.45, 2.75) is 62.3 Å². The molecule has 10 nitrogen and oxygen atoms in total. The Morgan fingerprint density at radius 2 is 1.70 bits per heavy atom. The molecule has 1 saturated heterocycles. The van der Waals surface area contributed by atoms with E-state index in [-0.39, 0.29) is 22.3 Å². The number of carbonyl (C=O) groups is 3. The maximum atomic E-state index is 13.1. The maximum Gasteiger partial charge on any atom is 0.342 e. The third-order valence-electron chi connectivity index (χ3n) is 5.87. The zero-order valence-electron chi connectivity index (χ0n) is 18.8. The highest BCUT2D eigenvalue weighted by Crippen LogP contribution is 2.26. The minimum absolute atomic E-state index is 0.0403. The van der Waals surface area contributed by atoms with E-state index < -0.39 is 34.5 Å². The standard InChI is InChI=1S/C22H31N3O7S/c1-31-19-11-10-17(33(29,30)25-12-6-2-3-7-13-25)14-18(19)21(27)32-15-20(26)24-22(28)23-16-8-4-5-9-16/h10-11,14,16H,2-9,12-13,15H2,1H3,(H2,23,24,26,28). The van der Waals surface area contributed by atoms with Crippen molar-refractivity contribution in [1.82, 2.24) is 14.9 Å². The molecule has 1 aliphatic carbocycles. The molecule has 182 valence electrons. The molecule has 0 radical (unpaired) electrons. The van der Waals surface area contributed by atoms with Crippen LogP contribution in [0.2, 0.25) is 0 Å². The first-order valence-corrected chi connectivity index (χ1v) is 12.7. The largest absolute Gasteiger partial charge is 0.496 e. The van der Waals surface area contributed by atoms with Gasteiger partial charge in [-0.2, -0.15) is 4.31 Å². The molecule has 11 heteroatoms. The Labute approximate surface area is 194 Å². The van der Waals surface area contributed by atoms with Gasteiger partial charge >= 0.3 is 12.0 Å². The summed E-state index contributed by atoms with van der Waals surface area (Å²) in [6.07, 6.45) is 7.33. The molecule has 1 aromatic rings. The van der Waals surface area contributed by atoms with E-state index in [1.165, 1.54) is 29.6 Å². The van der Waals surface area contributed by atoms with Gasteiger partial charge in [0.25, 0.3) is 5.91 Å². The Morgan fingerprint density at radius 1 is 1.03 bits per heavy atom. The minimum Gasteiger partial charge on any atom is -0.496 e. The molecule has 1 saturated carbocycles. The molecule has 2 fully saturated rings. The fourth-order valence-corrected chi connectivity index (χ4v) is 5.65. The first-order valence-electron chi connectivity index (χ1n) is 11.3. The summed E-state index contributed by atoms with van der Waals surface area (Å²) in [6, 6.07) is 3.38. The van der Waals surface area contributed by atoms with Gasteiger partial charge in [-0.1, -0.05) is 25.7 Å². The zero-order valence-corrected chi connectivity index (χ0v) is 19.6. The Morgan fingerprint density at radius 3 is 2.33 bits per heavy atom. The van der Waals surface area contributed by atoms with Gasteiger partial charge in [-0.3, -0.25) is 10.1 Å². The number of benzene rings is 1. The number of esters is 1. The van der Waals surface area contributed by atoms with Gasteiger partial charge in [-0.25, -0.2) is 18.0 Å². The number of amides is 3. The van der Waals surface area contributed by atoms with E-state index in [0.29, 0.717) is 13.1 Å². The fourth-order valence-electron chi connectivity index (χ4n) is 4.10. The van der Waals surface area contributed by atoms with Crippen LogP contribution >= 0.6 is 0 Å². The number of hydrogen-bond donors (Lipinski definition) is 2. The highest BCUT2D eigenvalue weighted by molar-refractivity contribution is 7.89. The van der Waals surface area contributed by atoms with Crippen molar-refractivity contribution in [1.29, 1.82) is 0 Å². The van der Waals surface area contributed by atoms with Crippen LogP contribution in [0.3, 0.4) is 0 Å². The number of urea groups is 1. The number of nitrogens with zero attached hydrogens (tertiary/aromatic N) is 1. The normalized spacial score (nSPS) is 17.7. The number of nitrogens with one attached hydrogen (secondary N) is 2. The predicted molar refractivity (Wildman–Crippen MR) is 119 cm³/mol. The molecule has 0 aromatic heterocycles. The second-order valence-corrected chi connectivity index (χ2v) is 10.2. The molecule has 3 rings (SSSR count). The summed E-state index contributed by atoms with van der Waals surface area (Å²) in [4.78, 5) is 36.4. The molecule has 0 unspecified atom stereocenters. The number of hydrogen-bond acceptors (Lipinski definition) is 7. The molecule has 3 amide bonds. The summed E-state index contributed by atoms with van der Waals surface area (Å²) in [6.45, 7) is 0.164. The number of rotatable bonds is 7. The predicted octanol–water partition coefficient (Wildman–Crippen LogP) is 2.19. The third-order valence-corrected chi connectivity index (χ3v) is 7.77. The van der Waals surface area contributed by atoms with Crippen LogP contribution in [0.5, 0.6) is 5.75 Å². The first kappa shape index (κ1) is 25.0. The molecule has 33 heavy (non-hydrogen) atoms. The fraction of sp³-hybridized carbons (Fsp3) is 0.591. The molecule has 0 atom stereocenters. The van der Waals surface area contributed by atoms with E-state index in [2.05, 4.69) is 10.6 Å². The molecule has 1 aromatic carbocycles. The van der Waals surface area contributed by atoms with Crippen LogP contribution in [-0.2, 0) is 19.6 Å². The van der Waals surface area contributed by atoms with E-state index in [0.717, 1.165) is 51.4 Å². The molecule has 2 N–H and O–H groups in total. The van der Waals surface area contributed by atoms with Crippen LogP contribution in [0.15, 0.2) is 23.1 Å². The van der Waals surface area contributed by atoms with Crippen LogP contribution in [-0.4, -0.2) is 63.5 Å². The summed E-state index contributed by atoms with van der Waals surface area (Å²) in [5.74, 6) is -1.59. The van der Waals surface area contributed by atoms with Crippen molar-refractivity contribution >= 4 is 27.9 Å². The van der Waals surface area contributed by atoms with Gasteiger partial charge in [-0.05, 0) is 43.9 Å². The highest BCUT2D eigenvalue weighted by atomic mass is 32.2. The smallest absolute Gasteiger partial charge is 0.342 e. The summed E-state index contributed by atoms with van der Waals surface area (Å²) in [5.41, 5.74) is -0.114. The highest BCUT2D eigenvalue weighted by Gasteiger charge is 2.28. The van der Waals surface area contributed by atoms with Gasteiger partial charge < -0.3 is 14.8 Å². The monoisotopic (exact) mass is 481 g/mol. The Kier molecular flexibility index (Phi) is 8.67. The maximum absolute atomic E-state index is 13.1.